The zero-order valence-corrected chi connectivity index (χ0v) is 5.19. The number of allylic oxidation sites excluding steroid dienone is 1. The number of rotatable bonds is 2. The Morgan fingerprint density at radius 1 is 1.62 bits per heavy atom. The summed E-state index contributed by atoms with van der Waals surface area (Å²) in [6, 6.07) is 0. The largest absolute Gasteiger partial charge is 0.103 e. The molecule has 1 unspecified atom stereocenters. The second-order valence-corrected chi connectivity index (χ2v) is 3.29. The van der Waals surface area contributed by atoms with E-state index in [2.05, 4.69) is 12.7 Å². The van der Waals surface area contributed by atoms with Crippen molar-refractivity contribution in [3.8, 4) is 0 Å². The highest BCUT2D eigenvalue weighted by Crippen LogP contribution is 2.71. The molecule has 0 radical (unpaired) electrons. The summed E-state index contributed by atoms with van der Waals surface area (Å²) < 4.78 is 0. The fraction of sp³-hybridized carbons (Fsp3) is 0.750. The summed E-state index contributed by atoms with van der Waals surface area (Å²) in [5.41, 5.74) is 0.897. The summed E-state index contributed by atoms with van der Waals surface area (Å²) >= 11 is 0. The van der Waals surface area contributed by atoms with Crippen molar-refractivity contribution < 1.29 is 0 Å². The molecular weight excluding hydrogens is 96.1 g/mol. The van der Waals surface area contributed by atoms with Gasteiger partial charge in [-0.15, -0.1) is 6.58 Å². The lowest BCUT2D eigenvalue weighted by Crippen LogP contribution is -1.74. The standard InChI is InChI=1S/C8H12/c1-2-3-7-6-8(7)4-5-8/h2,7H,1,3-6H2. The molecule has 0 aromatic carbocycles. The topological polar surface area (TPSA) is 0 Å². The summed E-state index contributed by atoms with van der Waals surface area (Å²) in [6.07, 6.45) is 7.90. The van der Waals surface area contributed by atoms with Crippen molar-refractivity contribution in [3.05, 3.63) is 12.7 Å². The molecular formula is C8H12. The van der Waals surface area contributed by atoms with Crippen LogP contribution in [0.15, 0.2) is 12.7 Å². The Labute approximate surface area is 50.6 Å². The van der Waals surface area contributed by atoms with Gasteiger partial charge in [0.05, 0.1) is 0 Å². The molecule has 0 heterocycles. The van der Waals surface area contributed by atoms with Gasteiger partial charge >= 0.3 is 0 Å². The molecule has 0 aromatic rings. The maximum Gasteiger partial charge on any atom is -0.0263 e. The molecule has 2 fully saturated rings. The molecule has 2 aliphatic carbocycles. The smallest absolute Gasteiger partial charge is 0.0263 e. The molecule has 0 amide bonds. The molecule has 8 heavy (non-hydrogen) atoms. The maximum atomic E-state index is 3.73. The predicted octanol–water partition coefficient (Wildman–Crippen LogP) is 2.36. The van der Waals surface area contributed by atoms with E-state index in [9.17, 15) is 0 Å². The van der Waals surface area contributed by atoms with E-state index in [1.54, 1.807) is 0 Å². The van der Waals surface area contributed by atoms with Crippen LogP contribution in [0.25, 0.3) is 0 Å². The molecule has 2 aliphatic rings. The minimum Gasteiger partial charge on any atom is -0.103 e. The quantitative estimate of drug-likeness (QED) is 0.476. The van der Waals surface area contributed by atoms with Crippen LogP contribution >= 0.6 is 0 Å². The van der Waals surface area contributed by atoms with Gasteiger partial charge in [-0.25, -0.2) is 0 Å². The molecule has 1 spiro atoms. The molecule has 0 aromatic heterocycles. The van der Waals surface area contributed by atoms with Crippen molar-refractivity contribution >= 4 is 0 Å². The van der Waals surface area contributed by atoms with Gasteiger partial charge in [0.2, 0.25) is 0 Å². The highest BCUT2D eigenvalue weighted by Gasteiger charge is 2.61. The van der Waals surface area contributed by atoms with Gasteiger partial charge < -0.3 is 0 Å². The van der Waals surface area contributed by atoms with E-state index in [0.29, 0.717) is 0 Å². The van der Waals surface area contributed by atoms with Crippen molar-refractivity contribution in [2.45, 2.75) is 25.7 Å². The Balaban J connectivity index is 1.88. The average Bonchev–Trinajstić information content (AvgIpc) is 2.57. The average molecular weight is 108 g/mol. The fourth-order valence-electron chi connectivity index (χ4n) is 1.74. The molecule has 0 aliphatic heterocycles. The van der Waals surface area contributed by atoms with Gasteiger partial charge in [-0.2, -0.15) is 0 Å². The van der Waals surface area contributed by atoms with E-state index in [1.165, 1.54) is 25.7 Å². The summed E-state index contributed by atoms with van der Waals surface area (Å²) in [4.78, 5) is 0. The first kappa shape index (κ1) is 4.60. The summed E-state index contributed by atoms with van der Waals surface area (Å²) in [5, 5.41) is 0. The molecule has 2 saturated carbocycles. The predicted molar refractivity (Wildman–Crippen MR) is 34.6 cm³/mol. The van der Waals surface area contributed by atoms with Crippen LogP contribution in [0.3, 0.4) is 0 Å². The first-order chi connectivity index (χ1) is 3.87. The van der Waals surface area contributed by atoms with E-state index >= 15 is 0 Å². The highest BCUT2D eigenvalue weighted by atomic mass is 14.7. The van der Waals surface area contributed by atoms with Crippen molar-refractivity contribution in [2.24, 2.45) is 11.3 Å². The third kappa shape index (κ3) is 0.460. The van der Waals surface area contributed by atoms with Crippen LogP contribution in [0.5, 0.6) is 0 Å². The van der Waals surface area contributed by atoms with Crippen molar-refractivity contribution in [2.75, 3.05) is 0 Å². The van der Waals surface area contributed by atoms with Gasteiger partial charge in [0.15, 0.2) is 0 Å². The fourth-order valence-corrected chi connectivity index (χ4v) is 1.74. The van der Waals surface area contributed by atoms with E-state index in [-0.39, 0.29) is 0 Å². The molecule has 1 atom stereocenters. The van der Waals surface area contributed by atoms with Crippen molar-refractivity contribution in [3.63, 3.8) is 0 Å². The second-order valence-electron chi connectivity index (χ2n) is 3.29. The first-order valence-corrected chi connectivity index (χ1v) is 3.48. The zero-order valence-electron chi connectivity index (χ0n) is 5.19. The Morgan fingerprint density at radius 3 is 2.75 bits per heavy atom. The SMILES string of the molecule is C=CCC1CC12CC2. The van der Waals surface area contributed by atoms with E-state index in [1.807, 2.05) is 0 Å². The Morgan fingerprint density at radius 2 is 2.38 bits per heavy atom. The Kier molecular flexibility index (Phi) is 0.677. The van der Waals surface area contributed by atoms with Gasteiger partial charge in [0.1, 0.15) is 0 Å². The summed E-state index contributed by atoms with van der Waals surface area (Å²) in [6.45, 7) is 3.73. The van der Waals surface area contributed by atoms with Crippen LogP contribution in [-0.4, -0.2) is 0 Å². The zero-order chi connectivity index (χ0) is 5.61. The molecule has 0 bridgehead atoms. The number of hydrogen-bond donors (Lipinski definition) is 0. The lowest BCUT2D eigenvalue weighted by atomic mass is 10.2. The van der Waals surface area contributed by atoms with Crippen molar-refractivity contribution in [1.29, 1.82) is 0 Å². The molecule has 0 N–H and O–H groups in total. The minimum atomic E-state index is 0.897. The lowest BCUT2D eigenvalue weighted by molar-refractivity contribution is 0.718. The van der Waals surface area contributed by atoms with E-state index < -0.39 is 0 Å². The highest BCUT2D eigenvalue weighted by molar-refractivity contribution is 5.13. The van der Waals surface area contributed by atoms with Crippen LogP contribution < -0.4 is 0 Å². The summed E-state index contributed by atoms with van der Waals surface area (Å²) in [5.74, 6) is 1.06. The first-order valence-electron chi connectivity index (χ1n) is 3.48. The van der Waals surface area contributed by atoms with Crippen LogP contribution in [0.1, 0.15) is 25.7 Å². The van der Waals surface area contributed by atoms with Crippen LogP contribution in [-0.2, 0) is 0 Å². The summed E-state index contributed by atoms with van der Waals surface area (Å²) in [7, 11) is 0. The molecule has 0 heteroatoms. The van der Waals surface area contributed by atoms with E-state index in [0.717, 1.165) is 11.3 Å². The molecule has 0 nitrogen and oxygen atoms in total. The van der Waals surface area contributed by atoms with Gasteiger partial charge in [0, 0.05) is 0 Å². The van der Waals surface area contributed by atoms with Gasteiger partial charge in [-0.3, -0.25) is 0 Å². The third-order valence-electron chi connectivity index (χ3n) is 2.70. The van der Waals surface area contributed by atoms with Gasteiger partial charge in [0.25, 0.3) is 0 Å². The molecule has 2 rings (SSSR count). The Bertz CT molecular complexity index is 120. The van der Waals surface area contributed by atoms with Gasteiger partial charge in [-0.1, -0.05) is 6.08 Å². The third-order valence-corrected chi connectivity index (χ3v) is 2.70. The molecule has 44 valence electrons. The van der Waals surface area contributed by atoms with Gasteiger partial charge in [-0.05, 0) is 37.0 Å². The normalized spacial score (nSPS) is 37.2. The number of hydrogen-bond acceptors (Lipinski definition) is 0. The minimum absolute atomic E-state index is 0.897. The lowest BCUT2D eigenvalue weighted by Gasteiger charge is -1.84. The van der Waals surface area contributed by atoms with E-state index in [4.69, 9.17) is 0 Å². The maximum absolute atomic E-state index is 3.73. The Hall–Kier alpha value is -0.260. The van der Waals surface area contributed by atoms with Crippen molar-refractivity contribution in [1.82, 2.24) is 0 Å². The monoisotopic (exact) mass is 108 g/mol. The van der Waals surface area contributed by atoms with Crippen LogP contribution in [0, 0.1) is 11.3 Å². The second kappa shape index (κ2) is 1.18. The molecule has 0 saturated heterocycles. The van der Waals surface area contributed by atoms with Crippen LogP contribution in [0.2, 0.25) is 0 Å². The van der Waals surface area contributed by atoms with Crippen LogP contribution in [0.4, 0.5) is 0 Å².